The van der Waals surface area contributed by atoms with E-state index in [-0.39, 0.29) is 5.91 Å². The van der Waals surface area contributed by atoms with Crippen LogP contribution in [0.4, 0.5) is 0 Å². The number of hydrogen-bond donors (Lipinski definition) is 0. The van der Waals surface area contributed by atoms with Crippen molar-refractivity contribution in [3.05, 3.63) is 64.2 Å². The van der Waals surface area contributed by atoms with E-state index in [0.717, 1.165) is 54.7 Å². The molecule has 1 aliphatic heterocycles. The van der Waals surface area contributed by atoms with Gasteiger partial charge in [-0.1, -0.05) is 17.7 Å². The van der Waals surface area contributed by atoms with E-state index in [0.29, 0.717) is 0 Å². The molecule has 6 heteroatoms. The Morgan fingerprint density at radius 3 is 2.62 bits per heavy atom. The number of carbonyl (C=O) groups is 1. The maximum Gasteiger partial charge on any atom is 0.253 e. The van der Waals surface area contributed by atoms with E-state index in [9.17, 15) is 4.79 Å². The average molecular weight is 367 g/mol. The van der Waals surface area contributed by atoms with Crippen LogP contribution < -0.4 is 0 Å². The van der Waals surface area contributed by atoms with Gasteiger partial charge in [0, 0.05) is 37.1 Å². The summed E-state index contributed by atoms with van der Waals surface area (Å²) < 4.78 is 5.40. The fourth-order valence-electron chi connectivity index (χ4n) is 3.10. The molecule has 0 saturated carbocycles. The summed E-state index contributed by atoms with van der Waals surface area (Å²) in [6.45, 7) is 6.09. The van der Waals surface area contributed by atoms with Gasteiger partial charge in [0.1, 0.15) is 10.7 Å². The summed E-state index contributed by atoms with van der Waals surface area (Å²) in [5.41, 5.74) is 2.83. The Hall–Kier alpha value is -2.44. The molecule has 1 amide bonds. The van der Waals surface area contributed by atoms with E-state index in [1.165, 1.54) is 5.56 Å². The van der Waals surface area contributed by atoms with E-state index >= 15 is 0 Å². The number of thiazole rings is 1. The van der Waals surface area contributed by atoms with Crippen molar-refractivity contribution in [2.24, 2.45) is 0 Å². The number of benzene rings is 1. The first-order chi connectivity index (χ1) is 12.7. The number of nitrogens with zero attached hydrogens (tertiary/aromatic N) is 3. The van der Waals surface area contributed by atoms with Crippen molar-refractivity contribution < 1.29 is 9.21 Å². The third-order valence-corrected chi connectivity index (χ3v) is 5.48. The predicted octanol–water partition coefficient (Wildman–Crippen LogP) is 3.67. The van der Waals surface area contributed by atoms with Crippen molar-refractivity contribution in [1.82, 2.24) is 14.8 Å². The number of aromatic nitrogens is 1. The summed E-state index contributed by atoms with van der Waals surface area (Å²) in [6.07, 6.45) is 1.67. The van der Waals surface area contributed by atoms with Crippen molar-refractivity contribution in [2.75, 3.05) is 26.2 Å². The predicted molar refractivity (Wildman–Crippen MR) is 102 cm³/mol. The van der Waals surface area contributed by atoms with E-state index in [1.54, 1.807) is 17.6 Å². The van der Waals surface area contributed by atoms with Crippen LogP contribution in [0.2, 0.25) is 0 Å². The molecule has 26 heavy (non-hydrogen) atoms. The highest BCUT2D eigenvalue weighted by atomic mass is 32.1. The second kappa shape index (κ2) is 7.43. The zero-order valence-electron chi connectivity index (χ0n) is 14.7. The minimum atomic E-state index is 0.124. The second-order valence-corrected chi connectivity index (χ2v) is 7.48. The maximum absolute atomic E-state index is 12.6. The van der Waals surface area contributed by atoms with Gasteiger partial charge in [0.25, 0.3) is 5.91 Å². The minimum Gasteiger partial charge on any atom is -0.463 e. The molecule has 0 radical (unpaired) electrons. The summed E-state index contributed by atoms with van der Waals surface area (Å²) in [5, 5.41) is 3.11. The first-order valence-corrected chi connectivity index (χ1v) is 9.63. The van der Waals surface area contributed by atoms with Crippen LogP contribution in [0.3, 0.4) is 0 Å². The van der Waals surface area contributed by atoms with Crippen LogP contribution in [-0.4, -0.2) is 46.9 Å². The lowest BCUT2D eigenvalue weighted by Crippen LogP contribution is -2.48. The van der Waals surface area contributed by atoms with Crippen LogP contribution in [0, 0.1) is 6.92 Å². The van der Waals surface area contributed by atoms with Gasteiger partial charge in [-0.3, -0.25) is 9.69 Å². The Balaban J connectivity index is 1.32. The normalized spacial score (nSPS) is 15.3. The SMILES string of the molecule is Cc1ccc(C(=O)N2CCN(Cc3nc(-c4ccco4)cs3)CC2)cc1. The Labute approximate surface area is 156 Å². The summed E-state index contributed by atoms with van der Waals surface area (Å²) in [4.78, 5) is 21.5. The number of amides is 1. The molecule has 4 rings (SSSR count). The molecule has 2 aromatic heterocycles. The van der Waals surface area contributed by atoms with Crippen LogP contribution in [0.15, 0.2) is 52.5 Å². The van der Waals surface area contributed by atoms with Crippen LogP contribution in [-0.2, 0) is 6.54 Å². The molecule has 3 aromatic rings. The van der Waals surface area contributed by atoms with Crippen LogP contribution in [0.5, 0.6) is 0 Å². The van der Waals surface area contributed by atoms with E-state index in [2.05, 4.69) is 9.88 Å². The van der Waals surface area contributed by atoms with Gasteiger partial charge in [-0.2, -0.15) is 0 Å². The number of carbonyl (C=O) groups excluding carboxylic acids is 1. The number of piperazine rings is 1. The lowest BCUT2D eigenvalue weighted by atomic mass is 10.1. The fraction of sp³-hybridized carbons (Fsp3) is 0.300. The zero-order chi connectivity index (χ0) is 17.9. The summed E-state index contributed by atoms with van der Waals surface area (Å²) >= 11 is 1.65. The first kappa shape index (κ1) is 17.0. The van der Waals surface area contributed by atoms with E-state index in [1.807, 2.05) is 53.6 Å². The van der Waals surface area contributed by atoms with Gasteiger partial charge in [-0.15, -0.1) is 11.3 Å². The number of hydrogen-bond acceptors (Lipinski definition) is 5. The summed E-state index contributed by atoms with van der Waals surface area (Å²) in [7, 11) is 0. The third-order valence-electron chi connectivity index (χ3n) is 4.64. The number of furan rings is 1. The Kier molecular flexibility index (Phi) is 4.86. The second-order valence-electron chi connectivity index (χ2n) is 6.54. The molecular formula is C20H21N3O2S. The first-order valence-electron chi connectivity index (χ1n) is 8.75. The highest BCUT2D eigenvalue weighted by Gasteiger charge is 2.22. The Bertz CT molecular complexity index is 863. The molecule has 0 spiro atoms. The van der Waals surface area contributed by atoms with E-state index < -0.39 is 0 Å². The molecule has 0 unspecified atom stereocenters. The lowest BCUT2D eigenvalue weighted by Gasteiger charge is -2.34. The van der Waals surface area contributed by atoms with Gasteiger partial charge >= 0.3 is 0 Å². The Morgan fingerprint density at radius 1 is 1.15 bits per heavy atom. The molecule has 5 nitrogen and oxygen atoms in total. The molecule has 3 heterocycles. The minimum absolute atomic E-state index is 0.124. The summed E-state index contributed by atoms with van der Waals surface area (Å²) in [6, 6.07) is 11.6. The smallest absolute Gasteiger partial charge is 0.253 e. The van der Waals surface area contributed by atoms with Gasteiger partial charge in [0.05, 0.1) is 12.8 Å². The molecule has 0 bridgehead atoms. The third kappa shape index (κ3) is 3.71. The van der Waals surface area contributed by atoms with Gasteiger partial charge in [-0.05, 0) is 31.2 Å². The van der Waals surface area contributed by atoms with Crippen molar-refractivity contribution in [3.63, 3.8) is 0 Å². The molecule has 1 fully saturated rings. The summed E-state index contributed by atoms with van der Waals surface area (Å²) in [5.74, 6) is 0.931. The van der Waals surface area contributed by atoms with Gasteiger partial charge < -0.3 is 9.32 Å². The number of rotatable bonds is 4. The monoisotopic (exact) mass is 367 g/mol. The largest absolute Gasteiger partial charge is 0.463 e. The lowest BCUT2D eigenvalue weighted by molar-refractivity contribution is 0.0628. The molecule has 1 aliphatic rings. The van der Waals surface area contributed by atoms with Gasteiger partial charge in [0.15, 0.2) is 5.76 Å². The standard InChI is InChI=1S/C20H21N3O2S/c1-15-4-6-16(7-5-15)20(24)23-10-8-22(9-11-23)13-19-21-17(14-26-19)18-3-2-12-25-18/h2-7,12,14H,8-11,13H2,1H3. The fourth-order valence-corrected chi connectivity index (χ4v) is 3.92. The van der Waals surface area contributed by atoms with Crippen LogP contribution in [0.1, 0.15) is 20.9 Å². The highest BCUT2D eigenvalue weighted by molar-refractivity contribution is 7.09. The highest BCUT2D eigenvalue weighted by Crippen LogP contribution is 2.23. The van der Waals surface area contributed by atoms with E-state index in [4.69, 9.17) is 4.42 Å². The average Bonchev–Trinajstić information content (AvgIpc) is 3.34. The molecule has 0 N–H and O–H groups in total. The number of aryl methyl sites for hydroxylation is 1. The zero-order valence-corrected chi connectivity index (χ0v) is 15.5. The molecule has 0 atom stereocenters. The van der Waals surface area contributed by atoms with Crippen molar-refractivity contribution in [1.29, 1.82) is 0 Å². The van der Waals surface area contributed by atoms with Crippen molar-refractivity contribution in [2.45, 2.75) is 13.5 Å². The van der Waals surface area contributed by atoms with Crippen LogP contribution in [0.25, 0.3) is 11.5 Å². The molecule has 1 aromatic carbocycles. The van der Waals surface area contributed by atoms with Gasteiger partial charge in [0.2, 0.25) is 0 Å². The molecule has 1 saturated heterocycles. The van der Waals surface area contributed by atoms with Crippen LogP contribution >= 0.6 is 11.3 Å². The molecule has 0 aliphatic carbocycles. The maximum atomic E-state index is 12.6. The van der Waals surface area contributed by atoms with Gasteiger partial charge in [-0.25, -0.2) is 4.98 Å². The topological polar surface area (TPSA) is 49.6 Å². The molecule has 134 valence electrons. The Morgan fingerprint density at radius 2 is 1.92 bits per heavy atom. The molecular weight excluding hydrogens is 346 g/mol. The van der Waals surface area contributed by atoms with Crippen molar-refractivity contribution >= 4 is 17.2 Å². The quantitative estimate of drug-likeness (QED) is 0.706. The van der Waals surface area contributed by atoms with Crippen molar-refractivity contribution in [3.8, 4) is 11.5 Å².